The molecule has 1 heterocycles. The minimum absolute atomic E-state index is 1.06. The van der Waals surface area contributed by atoms with Crippen molar-refractivity contribution in [3.05, 3.63) is 29.9 Å². The third kappa shape index (κ3) is 1.70. The third-order valence-electron chi connectivity index (χ3n) is 4.36. The van der Waals surface area contributed by atoms with Crippen molar-refractivity contribution in [2.45, 2.75) is 38.5 Å². The number of aryl methyl sites for hydroxylation is 1. The van der Waals surface area contributed by atoms with Gasteiger partial charge in [-0.2, -0.15) is 0 Å². The molecule has 0 amide bonds. The van der Waals surface area contributed by atoms with Gasteiger partial charge in [0.15, 0.2) is 0 Å². The second-order valence-corrected chi connectivity index (χ2v) is 5.35. The molecule has 0 N–H and O–H groups in total. The molecule has 2 heteroatoms. The molecule has 3 aliphatic carbocycles. The van der Waals surface area contributed by atoms with Gasteiger partial charge in [0.1, 0.15) is 0 Å². The summed E-state index contributed by atoms with van der Waals surface area (Å²) in [5, 5.41) is 0. The zero-order valence-electron chi connectivity index (χ0n) is 10.0. The lowest BCUT2D eigenvalue weighted by atomic mass is 9.58. The number of fused-ring (bicyclic) bond motifs is 2. The Morgan fingerprint density at radius 3 is 2.56 bits per heavy atom. The maximum Gasteiger partial charge on any atom is 0.0943 e. The van der Waals surface area contributed by atoms with Gasteiger partial charge in [-0.3, -0.25) is 0 Å². The summed E-state index contributed by atoms with van der Waals surface area (Å²) in [5.41, 5.74) is 3.81. The molecule has 1 saturated carbocycles. The van der Waals surface area contributed by atoms with E-state index in [1.807, 2.05) is 29.0 Å². The first kappa shape index (κ1) is 10.1. The average Bonchev–Trinajstić information content (AvgIpc) is 2.75. The Labute approximate surface area is 97.4 Å². The van der Waals surface area contributed by atoms with Gasteiger partial charge in [-0.15, -0.1) is 0 Å². The van der Waals surface area contributed by atoms with E-state index in [9.17, 15) is 0 Å². The molecule has 1 aromatic rings. The smallest absolute Gasteiger partial charge is 0.0943 e. The van der Waals surface area contributed by atoms with Crippen molar-refractivity contribution in [3.8, 4) is 0 Å². The monoisotopic (exact) mass is 216 g/mol. The summed E-state index contributed by atoms with van der Waals surface area (Å²) in [4.78, 5) is 3.78. The number of imidazole rings is 1. The first-order valence-electron chi connectivity index (χ1n) is 6.48. The second kappa shape index (κ2) is 4.08. The van der Waals surface area contributed by atoms with Crippen LogP contribution in [0.4, 0.5) is 0 Å². The fraction of sp³-hybridized carbons (Fsp3) is 0.643. The zero-order valence-corrected chi connectivity index (χ0v) is 10.0. The number of aromatic nitrogens is 2. The summed E-state index contributed by atoms with van der Waals surface area (Å²) in [6.45, 7) is 0. The lowest BCUT2D eigenvalue weighted by Crippen LogP contribution is -2.33. The highest BCUT2D eigenvalue weighted by atomic mass is 15.0. The van der Waals surface area contributed by atoms with Crippen molar-refractivity contribution in [1.82, 2.24) is 9.55 Å². The van der Waals surface area contributed by atoms with Crippen LogP contribution in [0, 0.1) is 11.8 Å². The average molecular weight is 216 g/mol. The Bertz CT molecular complexity index is 387. The largest absolute Gasteiger partial charge is 0.341 e. The lowest BCUT2D eigenvalue weighted by Gasteiger charge is -2.47. The molecule has 2 nitrogen and oxygen atoms in total. The Morgan fingerprint density at radius 1 is 1.19 bits per heavy atom. The maximum atomic E-state index is 3.78. The first-order chi connectivity index (χ1) is 7.84. The maximum absolute atomic E-state index is 3.78. The van der Waals surface area contributed by atoms with E-state index in [2.05, 4.69) is 4.98 Å². The molecule has 2 unspecified atom stereocenters. The molecule has 0 spiro atoms. The molecular weight excluding hydrogens is 196 g/mol. The van der Waals surface area contributed by atoms with Crippen LogP contribution in [0.3, 0.4) is 0 Å². The lowest BCUT2D eigenvalue weighted by molar-refractivity contribution is 0.267. The molecule has 2 bridgehead atoms. The van der Waals surface area contributed by atoms with Gasteiger partial charge in [-0.05, 0) is 50.4 Å². The number of nitrogens with zero attached hydrogens (tertiary/aromatic N) is 2. The quantitative estimate of drug-likeness (QED) is 0.608. The zero-order chi connectivity index (χ0) is 11.0. The number of allylic oxidation sites excluding steroid dienone is 2. The summed E-state index contributed by atoms with van der Waals surface area (Å²) in [7, 11) is 1.94. The molecule has 0 radical (unpaired) electrons. The predicted octanol–water partition coefficient (Wildman–Crippen LogP) is 3.32. The molecule has 2 atom stereocenters. The van der Waals surface area contributed by atoms with Gasteiger partial charge in [0, 0.05) is 19.4 Å². The van der Waals surface area contributed by atoms with Crippen molar-refractivity contribution in [1.29, 1.82) is 0 Å². The van der Waals surface area contributed by atoms with Gasteiger partial charge in [0.2, 0.25) is 0 Å². The molecule has 0 aliphatic heterocycles. The Hall–Kier alpha value is -1.05. The van der Waals surface area contributed by atoms with Crippen LogP contribution >= 0.6 is 0 Å². The van der Waals surface area contributed by atoms with E-state index in [0.29, 0.717) is 0 Å². The van der Waals surface area contributed by atoms with Gasteiger partial charge in [0.05, 0.1) is 6.33 Å². The van der Waals surface area contributed by atoms with Crippen LogP contribution in [0.2, 0.25) is 0 Å². The van der Waals surface area contributed by atoms with Gasteiger partial charge >= 0.3 is 0 Å². The van der Waals surface area contributed by atoms with Crippen LogP contribution < -0.4 is 0 Å². The molecule has 1 fully saturated rings. The van der Waals surface area contributed by atoms with Crippen LogP contribution in [0.5, 0.6) is 0 Å². The van der Waals surface area contributed by atoms with Crippen molar-refractivity contribution in [2.24, 2.45) is 18.9 Å². The second-order valence-electron chi connectivity index (χ2n) is 5.35. The van der Waals surface area contributed by atoms with Crippen molar-refractivity contribution in [3.63, 3.8) is 0 Å². The van der Waals surface area contributed by atoms with E-state index >= 15 is 0 Å². The van der Waals surface area contributed by atoms with Gasteiger partial charge < -0.3 is 4.57 Å². The third-order valence-corrected chi connectivity index (χ3v) is 4.36. The summed E-state index contributed by atoms with van der Waals surface area (Å²) < 4.78 is 1.89. The van der Waals surface area contributed by atoms with Gasteiger partial charge in [0.25, 0.3) is 0 Å². The van der Waals surface area contributed by atoms with Crippen molar-refractivity contribution >= 4 is 0 Å². The summed E-state index contributed by atoms with van der Waals surface area (Å²) in [5.74, 6) is 2.14. The van der Waals surface area contributed by atoms with Crippen LogP contribution in [0.25, 0.3) is 0 Å². The highest BCUT2D eigenvalue weighted by molar-refractivity contribution is 5.35. The summed E-state index contributed by atoms with van der Waals surface area (Å²) >= 11 is 0. The normalized spacial score (nSPS) is 30.3. The molecule has 0 saturated heterocycles. The Balaban J connectivity index is 0.000000117. The molecule has 0 aromatic carbocycles. The van der Waals surface area contributed by atoms with Crippen LogP contribution in [-0.4, -0.2) is 9.55 Å². The highest BCUT2D eigenvalue weighted by Gasteiger charge is 2.39. The van der Waals surface area contributed by atoms with Crippen molar-refractivity contribution < 1.29 is 0 Å². The minimum Gasteiger partial charge on any atom is -0.341 e. The molecule has 86 valence electrons. The summed E-state index contributed by atoms with van der Waals surface area (Å²) in [6, 6.07) is 0. The van der Waals surface area contributed by atoms with E-state index in [1.54, 1.807) is 12.5 Å². The molecule has 4 rings (SSSR count). The summed E-state index contributed by atoms with van der Waals surface area (Å²) in [6.07, 6.45) is 14.4. The Kier molecular flexibility index (Phi) is 2.58. The van der Waals surface area contributed by atoms with E-state index in [-0.39, 0.29) is 0 Å². The Morgan fingerprint density at radius 2 is 2.06 bits per heavy atom. The fourth-order valence-corrected chi connectivity index (χ4v) is 3.48. The molecule has 16 heavy (non-hydrogen) atoms. The van der Waals surface area contributed by atoms with E-state index in [0.717, 1.165) is 11.8 Å². The molecular formula is C14H20N2. The number of rotatable bonds is 0. The standard InChI is InChI=1S/C10H14.C4H6N2/c1-2-7-4-5-8-6-10(7)9(8)3-1;1-6-3-2-5-4-6/h7-8H,1-6H2;2-4H,1H3. The highest BCUT2D eigenvalue weighted by Crippen LogP contribution is 2.54. The predicted molar refractivity (Wildman–Crippen MR) is 64.9 cm³/mol. The van der Waals surface area contributed by atoms with Crippen LogP contribution in [-0.2, 0) is 7.05 Å². The van der Waals surface area contributed by atoms with E-state index in [1.165, 1.54) is 38.5 Å². The number of hydrogen-bond acceptors (Lipinski definition) is 1. The fourth-order valence-electron chi connectivity index (χ4n) is 3.48. The number of hydrogen-bond donors (Lipinski definition) is 0. The first-order valence-corrected chi connectivity index (χ1v) is 6.48. The van der Waals surface area contributed by atoms with Gasteiger partial charge in [-0.1, -0.05) is 11.1 Å². The van der Waals surface area contributed by atoms with E-state index in [4.69, 9.17) is 0 Å². The van der Waals surface area contributed by atoms with Gasteiger partial charge in [-0.25, -0.2) is 4.98 Å². The van der Waals surface area contributed by atoms with Crippen LogP contribution in [0.1, 0.15) is 38.5 Å². The SMILES string of the molecule is C1CC2=C3CC2CCC3C1.Cn1ccnc1. The minimum atomic E-state index is 1.06. The van der Waals surface area contributed by atoms with E-state index < -0.39 is 0 Å². The van der Waals surface area contributed by atoms with Crippen molar-refractivity contribution in [2.75, 3.05) is 0 Å². The van der Waals surface area contributed by atoms with Crippen LogP contribution in [0.15, 0.2) is 29.9 Å². The topological polar surface area (TPSA) is 17.8 Å². The molecule has 1 aromatic heterocycles. The molecule has 3 aliphatic rings.